The molecule has 1 aliphatic rings. The standard InChI is InChI=1S/C17H17BrN4O/c18-14-10-21-22-15(6-7-19-16(14)22)20-11-17(8-13(23)9-17)12-4-2-1-3-5-12/h1-7,10,13,20,23H,8-9,11H2. The number of nitrogens with one attached hydrogen (secondary N) is 1. The first-order valence-electron chi connectivity index (χ1n) is 7.64. The van der Waals surface area contributed by atoms with Crippen molar-refractivity contribution in [2.75, 3.05) is 11.9 Å². The molecule has 1 fully saturated rings. The van der Waals surface area contributed by atoms with E-state index in [2.05, 4.69) is 55.6 Å². The van der Waals surface area contributed by atoms with Crippen molar-refractivity contribution >= 4 is 27.4 Å². The third-order valence-corrected chi connectivity index (χ3v) is 5.16. The Morgan fingerprint density at radius 2 is 2.04 bits per heavy atom. The lowest BCUT2D eigenvalue weighted by molar-refractivity contribution is 0.0242. The van der Waals surface area contributed by atoms with E-state index in [1.807, 2.05) is 12.1 Å². The van der Waals surface area contributed by atoms with E-state index >= 15 is 0 Å². The molecule has 3 aromatic rings. The number of anilines is 1. The molecule has 2 heterocycles. The molecule has 2 aromatic heterocycles. The van der Waals surface area contributed by atoms with Crippen LogP contribution in [0.1, 0.15) is 18.4 Å². The summed E-state index contributed by atoms with van der Waals surface area (Å²) in [4.78, 5) is 4.32. The maximum atomic E-state index is 9.86. The highest BCUT2D eigenvalue weighted by atomic mass is 79.9. The van der Waals surface area contributed by atoms with Gasteiger partial charge < -0.3 is 10.4 Å². The summed E-state index contributed by atoms with van der Waals surface area (Å²) >= 11 is 3.45. The van der Waals surface area contributed by atoms with Crippen molar-refractivity contribution < 1.29 is 5.11 Å². The highest BCUT2D eigenvalue weighted by Crippen LogP contribution is 2.44. The Kier molecular flexibility index (Phi) is 3.58. The van der Waals surface area contributed by atoms with Gasteiger partial charge in [-0.25, -0.2) is 4.98 Å². The van der Waals surface area contributed by atoms with Crippen LogP contribution in [0, 0.1) is 0 Å². The normalized spacial score (nSPS) is 23.7. The van der Waals surface area contributed by atoms with E-state index in [0.717, 1.165) is 35.3 Å². The molecule has 0 saturated heterocycles. The summed E-state index contributed by atoms with van der Waals surface area (Å²) in [7, 11) is 0. The van der Waals surface area contributed by atoms with Crippen molar-refractivity contribution in [3.63, 3.8) is 0 Å². The van der Waals surface area contributed by atoms with Gasteiger partial charge in [0.2, 0.25) is 0 Å². The quantitative estimate of drug-likeness (QED) is 0.738. The van der Waals surface area contributed by atoms with Crippen LogP contribution in [-0.4, -0.2) is 32.4 Å². The van der Waals surface area contributed by atoms with Crippen LogP contribution in [0.3, 0.4) is 0 Å². The molecule has 0 radical (unpaired) electrons. The SMILES string of the molecule is OC1CC(CNc2ccnc3c(Br)cnn23)(c2ccccc2)C1. The van der Waals surface area contributed by atoms with Crippen LogP contribution < -0.4 is 5.32 Å². The molecule has 23 heavy (non-hydrogen) atoms. The van der Waals surface area contributed by atoms with Crippen molar-refractivity contribution in [1.82, 2.24) is 14.6 Å². The van der Waals surface area contributed by atoms with Crippen LogP contribution >= 0.6 is 15.9 Å². The molecule has 5 nitrogen and oxygen atoms in total. The molecule has 1 aromatic carbocycles. The minimum absolute atomic E-state index is 0.0271. The highest BCUT2D eigenvalue weighted by Gasteiger charge is 2.44. The maximum absolute atomic E-state index is 9.86. The van der Waals surface area contributed by atoms with Gasteiger partial charge in [0.05, 0.1) is 16.8 Å². The van der Waals surface area contributed by atoms with Gasteiger partial charge in [-0.05, 0) is 40.4 Å². The molecule has 0 bridgehead atoms. The number of hydrogen-bond donors (Lipinski definition) is 2. The minimum atomic E-state index is -0.215. The van der Waals surface area contributed by atoms with Gasteiger partial charge in [-0.15, -0.1) is 0 Å². The summed E-state index contributed by atoms with van der Waals surface area (Å²) in [5.74, 6) is 0.900. The highest BCUT2D eigenvalue weighted by molar-refractivity contribution is 9.10. The molecule has 0 amide bonds. The van der Waals surface area contributed by atoms with E-state index in [-0.39, 0.29) is 11.5 Å². The average molecular weight is 373 g/mol. The molecule has 0 atom stereocenters. The number of benzene rings is 1. The first kappa shape index (κ1) is 14.7. The second-order valence-corrected chi connectivity index (χ2v) is 6.97. The summed E-state index contributed by atoms with van der Waals surface area (Å²) in [6, 6.07) is 12.3. The second kappa shape index (κ2) is 5.62. The maximum Gasteiger partial charge on any atom is 0.171 e. The third kappa shape index (κ3) is 2.52. The van der Waals surface area contributed by atoms with Gasteiger partial charge in [-0.3, -0.25) is 0 Å². The molecule has 6 heteroatoms. The van der Waals surface area contributed by atoms with Crippen LogP contribution in [0.25, 0.3) is 5.65 Å². The number of halogens is 1. The number of aromatic nitrogens is 3. The Morgan fingerprint density at radius 1 is 1.26 bits per heavy atom. The van der Waals surface area contributed by atoms with Crippen molar-refractivity contribution in [2.24, 2.45) is 0 Å². The Balaban J connectivity index is 1.61. The first-order chi connectivity index (χ1) is 11.2. The van der Waals surface area contributed by atoms with Crippen molar-refractivity contribution in [3.8, 4) is 0 Å². The lowest BCUT2D eigenvalue weighted by atomic mass is 9.62. The van der Waals surface area contributed by atoms with Crippen LogP contribution in [0.2, 0.25) is 0 Å². The van der Waals surface area contributed by atoms with Gasteiger partial charge in [-0.1, -0.05) is 30.3 Å². The van der Waals surface area contributed by atoms with E-state index in [1.54, 1.807) is 16.9 Å². The smallest absolute Gasteiger partial charge is 0.171 e. The molecule has 4 rings (SSSR count). The predicted molar refractivity (Wildman–Crippen MR) is 92.5 cm³/mol. The number of nitrogens with zero attached hydrogens (tertiary/aromatic N) is 3. The Labute approximate surface area is 142 Å². The van der Waals surface area contributed by atoms with Gasteiger partial charge in [0.1, 0.15) is 5.82 Å². The second-order valence-electron chi connectivity index (χ2n) is 6.12. The molecule has 1 aliphatic carbocycles. The third-order valence-electron chi connectivity index (χ3n) is 4.60. The van der Waals surface area contributed by atoms with Gasteiger partial charge in [0.15, 0.2) is 5.65 Å². The molecule has 0 unspecified atom stereocenters. The number of aliphatic hydroxyl groups is 1. The van der Waals surface area contributed by atoms with E-state index in [9.17, 15) is 5.11 Å². The minimum Gasteiger partial charge on any atom is -0.393 e. The zero-order valence-electron chi connectivity index (χ0n) is 12.5. The van der Waals surface area contributed by atoms with Crippen LogP contribution in [0.15, 0.2) is 53.3 Å². The molecule has 1 saturated carbocycles. The van der Waals surface area contributed by atoms with Crippen molar-refractivity contribution in [2.45, 2.75) is 24.4 Å². The van der Waals surface area contributed by atoms with E-state index in [4.69, 9.17) is 0 Å². The summed E-state index contributed by atoms with van der Waals surface area (Å²) in [6.45, 7) is 0.755. The lowest BCUT2D eigenvalue weighted by Crippen LogP contribution is -2.49. The fraction of sp³-hybridized carbons (Fsp3) is 0.294. The largest absolute Gasteiger partial charge is 0.393 e. The number of aliphatic hydroxyl groups excluding tert-OH is 1. The summed E-state index contributed by atoms with van der Waals surface area (Å²) in [5.41, 5.74) is 2.03. The van der Waals surface area contributed by atoms with E-state index in [1.165, 1.54) is 5.56 Å². The number of fused-ring (bicyclic) bond motifs is 1. The topological polar surface area (TPSA) is 62.5 Å². The molecular formula is C17H17BrN4O. The fourth-order valence-corrected chi connectivity index (χ4v) is 3.74. The van der Waals surface area contributed by atoms with Gasteiger partial charge in [-0.2, -0.15) is 9.61 Å². The molecule has 0 spiro atoms. The Bertz CT molecular complexity index is 827. The Morgan fingerprint density at radius 3 is 2.78 bits per heavy atom. The summed E-state index contributed by atoms with van der Waals surface area (Å²) < 4.78 is 2.66. The monoisotopic (exact) mass is 372 g/mol. The van der Waals surface area contributed by atoms with E-state index in [0.29, 0.717) is 0 Å². The van der Waals surface area contributed by atoms with Crippen LogP contribution in [-0.2, 0) is 5.41 Å². The van der Waals surface area contributed by atoms with Gasteiger partial charge in [0, 0.05) is 18.2 Å². The van der Waals surface area contributed by atoms with Crippen LogP contribution in [0.5, 0.6) is 0 Å². The van der Waals surface area contributed by atoms with Crippen molar-refractivity contribution in [3.05, 3.63) is 58.8 Å². The van der Waals surface area contributed by atoms with E-state index < -0.39 is 0 Å². The van der Waals surface area contributed by atoms with Gasteiger partial charge >= 0.3 is 0 Å². The van der Waals surface area contributed by atoms with Crippen LogP contribution in [0.4, 0.5) is 5.82 Å². The number of rotatable bonds is 4. The zero-order valence-corrected chi connectivity index (χ0v) is 14.1. The van der Waals surface area contributed by atoms with Crippen molar-refractivity contribution in [1.29, 1.82) is 0 Å². The number of hydrogen-bond acceptors (Lipinski definition) is 4. The lowest BCUT2D eigenvalue weighted by Gasteiger charge is -2.46. The molecular weight excluding hydrogens is 356 g/mol. The molecule has 118 valence electrons. The zero-order chi connectivity index (χ0) is 15.9. The van der Waals surface area contributed by atoms with Gasteiger partial charge in [0.25, 0.3) is 0 Å². The molecule has 0 aliphatic heterocycles. The Hall–Kier alpha value is -1.92. The average Bonchev–Trinajstić information content (AvgIpc) is 2.93. The summed E-state index contributed by atoms with van der Waals surface area (Å²) in [6.07, 6.45) is 4.86. The summed E-state index contributed by atoms with van der Waals surface area (Å²) in [5, 5.41) is 17.7. The fourth-order valence-electron chi connectivity index (χ4n) is 3.37. The molecule has 2 N–H and O–H groups in total. The first-order valence-corrected chi connectivity index (χ1v) is 8.43. The predicted octanol–water partition coefficient (Wildman–Crippen LogP) is 3.00.